The Balaban J connectivity index is 0.000000384. The molecule has 22 nitrogen and oxygen atoms in total. The highest BCUT2D eigenvalue weighted by molar-refractivity contribution is 7.13. The lowest BCUT2D eigenvalue weighted by molar-refractivity contribution is -0.141. The smallest absolute Gasteiger partial charge is 0.274 e. The number of imide groups is 5. The van der Waals surface area contributed by atoms with Crippen molar-refractivity contribution in [1.29, 1.82) is 0 Å². The van der Waals surface area contributed by atoms with E-state index in [-0.39, 0.29) is 104 Å². The second kappa shape index (κ2) is 37.4. The Labute approximate surface area is 611 Å². The van der Waals surface area contributed by atoms with E-state index in [0.29, 0.717) is 63.9 Å². The number of fused-ring (bicyclic) bond motifs is 1. The van der Waals surface area contributed by atoms with Gasteiger partial charge in [-0.3, -0.25) is 91.0 Å². The number of carbonyl (C=O) groups is 11. The van der Waals surface area contributed by atoms with E-state index in [0.717, 1.165) is 45.5 Å². The molecule has 8 aliphatic heterocycles. The van der Waals surface area contributed by atoms with Crippen molar-refractivity contribution in [2.24, 2.45) is 16.7 Å². The van der Waals surface area contributed by atoms with Gasteiger partial charge in [-0.15, -0.1) is 0 Å². The summed E-state index contributed by atoms with van der Waals surface area (Å²) in [7, 11) is 0. The topological polar surface area (TPSA) is 258 Å². The summed E-state index contributed by atoms with van der Waals surface area (Å²) in [5, 5.41) is 4.32. The lowest BCUT2D eigenvalue weighted by atomic mass is 9.87. The first-order valence-corrected chi connectivity index (χ1v) is 35.6. The molecule has 0 bridgehead atoms. The first kappa shape index (κ1) is 89.4. The Morgan fingerprint density at radius 3 is 1.19 bits per heavy atom. The van der Waals surface area contributed by atoms with Crippen LogP contribution in [0, 0.1) is 16.7 Å². The van der Waals surface area contributed by atoms with Crippen LogP contribution in [-0.4, -0.2) is 177 Å². The van der Waals surface area contributed by atoms with E-state index < -0.39 is 17.7 Å². The normalized spacial score (nSPS) is 20.5. The van der Waals surface area contributed by atoms with Crippen LogP contribution in [0.4, 0.5) is 0 Å². The van der Waals surface area contributed by atoms with Crippen molar-refractivity contribution in [2.45, 2.75) is 260 Å². The van der Waals surface area contributed by atoms with Crippen LogP contribution in [0.5, 0.6) is 0 Å². The molecule has 3 fully saturated rings. The molecule has 8 aliphatic rings. The van der Waals surface area contributed by atoms with Gasteiger partial charge in [0.25, 0.3) is 70.5 Å². The summed E-state index contributed by atoms with van der Waals surface area (Å²) in [6, 6.07) is 7.69. The van der Waals surface area contributed by atoms with E-state index >= 15 is 0 Å². The molecule has 0 aliphatic carbocycles. The lowest BCUT2D eigenvalue weighted by Gasteiger charge is -2.30. The molecule has 9 heterocycles. The Bertz CT molecular complexity index is 3430. The number of rotatable bonds is 8. The maximum absolute atomic E-state index is 11.9. The average molecular weight is 1470 g/mol. The molecule has 0 spiro atoms. The van der Waals surface area contributed by atoms with Gasteiger partial charge in [0.05, 0.1) is 40.0 Å². The standard InChI is InChI=1S/C11H13NOS.C9H16N2O.C9H13NO2.C9H18O.C8H11NO2.C7H7Cl2NO2.C7H8ClNO2.C7H9NO2.C7H14O/c1-11(2,3)12-10(13)8-6-4-5-7-9(8)14-12;1-4-9(12)11-7-5-6-10(11)8(2)3;1-5(2)10-8(11)6(3)7(4)9(10)12;1-6(2)7-8(10-7)9(3,4)5;1-5(2)9-7(10)4-6(3)8(9)11;1-3(2)10-6(11)4(8)5(9)7(10)12;1-4(2)9-6(10)3-5(8)7(9)11;1-5(2)8-6(9)3-4-7(8)10;1-5-6(8-5)7(2,3)4/h4-7H,1-3H3;4,8H,1,5-7H2,2-3H3;5H,1-4H3;6-8H,1-5H3;4-5H,1-3H3;3H,1-2H3;3-4H,1-2H3;3-5H,1-2H3;5-6H,1-4H3. The maximum atomic E-state index is 11.9. The summed E-state index contributed by atoms with van der Waals surface area (Å²) >= 11 is 17.9. The molecule has 0 radical (unpaired) electrons. The highest BCUT2D eigenvalue weighted by Crippen LogP contribution is 2.42. The molecule has 2 aromatic rings. The molecule has 556 valence electrons. The summed E-state index contributed by atoms with van der Waals surface area (Å²) in [4.78, 5) is 140. The molecule has 4 atom stereocenters. The van der Waals surface area contributed by atoms with Crippen LogP contribution >= 0.6 is 46.3 Å². The van der Waals surface area contributed by atoms with Crippen LogP contribution in [0.15, 0.2) is 97.8 Å². The number of hydrogen-bond acceptors (Lipinski definition) is 16. The van der Waals surface area contributed by atoms with Gasteiger partial charge in [-0.25, -0.2) is 5.01 Å². The van der Waals surface area contributed by atoms with E-state index in [9.17, 15) is 57.5 Å². The molecule has 100 heavy (non-hydrogen) atoms. The van der Waals surface area contributed by atoms with Crippen molar-refractivity contribution in [3.63, 3.8) is 0 Å². The van der Waals surface area contributed by atoms with Crippen LogP contribution < -0.4 is 5.56 Å². The number of benzene rings is 1. The molecular formula is C74H109Cl3N8O14S. The summed E-state index contributed by atoms with van der Waals surface area (Å²) in [5.74, 6) is -2.11. The van der Waals surface area contributed by atoms with E-state index in [1.165, 1.54) is 50.5 Å². The number of hydrogen-bond donors (Lipinski definition) is 0. The molecule has 0 saturated carbocycles. The van der Waals surface area contributed by atoms with Gasteiger partial charge in [0, 0.05) is 90.4 Å². The monoisotopic (exact) mass is 1470 g/mol. The number of nitrogens with zero attached hydrogens (tertiary/aromatic N) is 8. The summed E-state index contributed by atoms with van der Waals surface area (Å²) < 4.78 is 13.7. The van der Waals surface area contributed by atoms with Gasteiger partial charge < -0.3 is 9.47 Å². The Hall–Kier alpha value is -6.73. The minimum Gasteiger partial charge on any atom is -0.369 e. The molecule has 4 unspecified atom stereocenters. The zero-order chi connectivity index (χ0) is 77.6. The van der Waals surface area contributed by atoms with Gasteiger partial charge in [0.15, 0.2) is 0 Å². The first-order chi connectivity index (χ1) is 45.7. The molecule has 1 aromatic carbocycles. The maximum Gasteiger partial charge on any atom is 0.274 e. The number of hydrazine groups is 1. The Morgan fingerprint density at radius 1 is 0.530 bits per heavy atom. The quantitative estimate of drug-likeness (QED) is 0.135. The molecule has 0 N–H and O–H groups in total. The molecule has 26 heteroatoms. The van der Waals surface area contributed by atoms with Crippen LogP contribution in [-0.2, 0) is 67.8 Å². The fourth-order valence-electron chi connectivity index (χ4n) is 10.5. The first-order valence-electron chi connectivity index (χ1n) is 33.7. The highest BCUT2D eigenvalue weighted by atomic mass is 35.5. The lowest BCUT2D eigenvalue weighted by Crippen LogP contribution is -2.44. The number of carbonyl (C=O) groups excluding carboxylic acids is 11. The van der Waals surface area contributed by atoms with Gasteiger partial charge in [0.2, 0.25) is 0 Å². The number of ether oxygens (including phenoxy) is 2. The van der Waals surface area contributed by atoms with E-state index in [1.807, 2.05) is 90.5 Å². The van der Waals surface area contributed by atoms with E-state index in [1.54, 1.807) is 53.5 Å². The zero-order valence-corrected chi connectivity index (χ0v) is 66.8. The van der Waals surface area contributed by atoms with Gasteiger partial charge >= 0.3 is 0 Å². The van der Waals surface area contributed by atoms with Crippen molar-refractivity contribution in [3.8, 4) is 0 Å². The minimum absolute atomic E-state index is 0.00343. The number of epoxide rings is 2. The van der Waals surface area contributed by atoms with Crippen molar-refractivity contribution in [1.82, 2.24) is 38.5 Å². The minimum atomic E-state index is -0.512. The van der Waals surface area contributed by atoms with Crippen LogP contribution in [0.1, 0.15) is 193 Å². The molecule has 10 rings (SSSR count). The number of aromatic nitrogens is 1. The third-order valence-electron chi connectivity index (χ3n) is 15.9. The van der Waals surface area contributed by atoms with Crippen molar-refractivity contribution < 1.29 is 62.2 Å². The van der Waals surface area contributed by atoms with Crippen LogP contribution in [0.25, 0.3) is 10.1 Å². The number of halogens is 3. The fourth-order valence-corrected chi connectivity index (χ4v) is 12.1. The SMILES string of the molecule is C=CC(=O)N1CCCN1C(C)C.CC(C)(C)n1sc2ccccc2c1=O.CC(C)C1OC1C(C)(C)C.CC(C)N1C(=O)C(Cl)=C(Cl)C1=O.CC(C)N1C(=O)C=C(Cl)C1=O.CC(C)N1C(=O)C=CC1=O.CC1=C(C)C(=O)N(C(C)C)C1=O.CC1=CC(=O)N(C(C)C)C1=O.CC1OC1C(C)(C)C. The predicted octanol–water partition coefficient (Wildman–Crippen LogP) is 12.6. The van der Waals surface area contributed by atoms with Gasteiger partial charge in [-0.2, -0.15) is 0 Å². The van der Waals surface area contributed by atoms with Crippen LogP contribution in [0.3, 0.4) is 0 Å². The molecular weight excluding hydrogens is 1360 g/mol. The molecule has 3 saturated heterocycles. The third-order valence-corrected chi connectivity index (χ3v) is 18.4. The van der Waals surface area contributed by atoms with E-state index in [2.05, 4.69) is 87.7 Å². The highest BCUT2D eigenvalue weighted by Gasteiger charge is 2.48. The average Bonchev–Trinajstić information content (AvgIpc) is 1.65. The third kappa shape index (κ3) is 24.2. The molecule has 11 amide bonds. The summed E-state index contributed by atoms with van der Waals surface area (Å²) in [5.41, 5.74) is 2.39. The van der Waals surface area contributed by atoms with E-state index in [4.69, 9.17) is 44.3 Å². The van der Waals surface area contributed by atoms with Crippen molar-refractivity contribution in [2.75, 3.05) is 13.1 Å². The van der Waals surface area contributed by atoms with Gasteiger partial charge in [-0.05, 0) is 173 Å². The predicted molar refractivity (Wildman–Crippen MR) is 395 cm³/mol. The second-order valence-corrected chi connectivity index (χ2v) is 32.1. The molecule has 1 aromatic heterocycles. The summed E-state index contributed by atoms with van der Waals surface area (Å²) in [6.45, 7) is 58.4. The van der Waals surface area contributed by atoms with Crippen molar-refractivity contribution >= 4 is 121 Å². The Morgan fingerprint density at radius 2 is 0.940 bits per heavy atom. The second-order valence-electron chi connectivity index (χ2n) is 29.9. The largest absolute Gasteiger partial charge is 0.369 e. The van der Waals surface area contributed by atoms with Crippen molar-refractivity contribution in [3.05, 3.63) is 103 Å². The fraction of sp³-hybridized carbons (Fsp3) is 0.595. The van der Waals surface area contributed by atoms with Gasteiger partial charge in [0.1, 0.15) is 15.1 Å². The van der Waals surface area contributed by atoms with Crippen LogP contribution in [0.2, 0.25) is 0 Å². The zero-order valence-electron chi connectivity index (χ0n) is 63.7. The Kier molecular flexibility index (Phi) is 33.5. The number of amides is 11. The van der Waals surface area contributed by atoms with Gasteiger partial charge in [-0.1, -0.05) is 120 Å². The summed E-state index contributed by atoms with van der Waals surface area (Å²) in [6.07, 6.45) is 9.61.